The summed E-state index contributed by atoms with van der Waals surface area (Å²) in [6.45, 7) is -0.557. The summed E-state index contributed by atoms with van der Waals surface area (Å²) in [4.78, 5) is 37.3. The lowest BCUT2D eigenvalue weighted by molar-refractivity contribution is -0.384. The molecular weight excluding hydrogens is 385 g/mol. The number of nitro benzene ring substituents is 1. The average Bonchev–Trinajstić information content (AvgIpc) is 2.61. The maximum atomic E-state index is 11.7. The van der Waals surface area contributed by atoms with E-state index in [2.05, 4.69) is 10.3 Å². The van der Waals surface area contributed by atoms with E-state index in [1.807, 2.05) is 0 Å². The molecule has 26 heavy (non-hydrogen) atoms. The van der Waals surface area contributed by atoms with Crippen molar-refractivity contribution in [1.29, 1.82) is 0 Å². The highest BCUT2D eigenvalue weighted by Gasteiger charge is 2.10. The van der Waals surface area contributed by atoms with Crippen molar-refractivity contribution in [3.63, 3.8) is 0 Å². The van der Waals surface area contributed by atoms with Crippen molar-refractivity contribution in [2.45, 2.75) is 0 Å². The van der Waals surface area contributed by atoms with Crippen LogP contribution >= 0.6 is 23.2 Å². The summed E-state index contributed by atoms with van der Waals surface area (Å²) in [5.41, 5.74) is 0.338. The molecule has 0 aliphatic carbocycles. The van der Waals surface area contributed by atoms with Crippen LogP contribution in [0.3, 0.4) is 0 Å². The molecule has 10 heteroatoms. The maximum Gasteiger partial charge on any atom is 0.331 e. The largest absolute Gasteiger partial charge is 0.452 e. The Morgan fingerprint density at radius 3 is 2.77 bits per heavy atom. The number of hydrogen-bond acceptors (Lipinski definition) is 6. The van der Waals surface area contributed by atoms with Crippen LogP contribution in [0.2, 0.25) is 10.0 Å². The molecule has 0 atom stereocenters. The van der Waals surface area contributed by atoms with Crippen LogP contribution < -0.4 is 5.32 Å². The summed E-state index contributed by atoms with van der Waals surface area (Å²) in [5.74, 6) is -1.34. The molecule has 2 rings (SSSR count). The van der Waals surface area contributed by atoms with Gasteiger partial charge in [-0.2, -0.15) is 0 Å². The summed E-state index contributed by atoms with van der Waals surface area (Å²) in [6.07, 6.45) is 3.70. The number of halogens is 2. The normalized spacial score (nSPS) is 10.5. The molecule has 1 aromatic heterocycles. The summed E-state index contributed by atoms with van der Waals surface area (Å²) in [6, 6.07) is 7.09. The fourth-order valence-electron chi connectivity index (χ4n) is 1.77. The van der Waals surface area contributed by atoms with Crippen molar-refractivity contribution >= 4 is 52.7 Å². The zero-order valence-electron chi connectivity index (χ0n) is 13.0. The molecule has 134 valence electrons. The highest BCUT2D eigenvalue weighted by molar-refractivity contribution is 6.36. The van der Waals surface area contributed by atoms with Crippen molar-refractivity contribution in [1.82, 2.24) is 4.98 Å². The second-order valence-electron chi connectivity index (χ2n) is 4.83. The quantitative estimate of drug-likeness (QED) is 0.346. The summed E-state index contributed by atoms with van der Waals surface area (Å²) >= 11 is 11.6. The van der Waals surface area contributed by atoms with Crippen molar-refractivity contribution in [2.24, 2.45) is 0 Å². The van der Waals surface area contributed by atoms with E-state index in [1.54, 1.807) is 6.07 Å². The molecule has 2 aromatic rings. The van der Waals surface area contributed by atoms with Crippen LogP contribution in [-0.4, -0.2) is 28.4 Å². The molecule has 0 unspecified atom stereocenters. The molecule has 0 aliphatic rings. The topological polar surface area (TPSA) is 111 Å². The number of carbonyl (C=O) groups is 2. The predicted octanol–water partition coefficient (Wildman–Crippen LogP) is 3.49. The molecule has 1 heterocycles. The third-order valence-electron chi connectivity index (χ3n) is 2.90. The van der Waals surface area contributed by atoms with Gasteiger partial charge in [-0.25, -0.2) is 9.78 Å². The lowest BCUT2D eigenvalue weighted by atomic mass is 10.2. The number of pyridine rings is 1. The van der Waals surface area contributed by atoms with Gasteiger partial charge in [0.15, 0.2) is 12.4 Å². The van der Waals surface area contributed by atoms with Gasteiger partial charge in [-0.05, 0) is 17.7 Å². The first kappa shape index (κ1) is 19.4. The van der Waals surface area contributed by atoms with Gasteiger partial charge >= 0.3 is 5.97 Å². The minimum absolute atomic E-state index is 0.0873. The molecule has 0 saturated heterocycles. The number of rotatable bonds is 6. The van der Waals surface area contributed by atoms with Gasteiger partial charge < -0.3 is 10.1 Å². The minimum atomic E-state index is -0.790. The van der Waals surface area contributed by atoms with Crippen LogP contribution in [0.5, 0.6) is 0 Å². The molecule has 8 nitrogen and oxygen atoms in total. The first-order valence-electron chi connectivity index (χ1n) is 7.05. The number of anilines is 1. The Bertz CT molecular complexity index is 886. The number of carbonyl (C=O) groups excluding carboxylic acids is 2. The van der Waals surface area contributed by atoms with Gasteiger partial charge in [0.25, 0.3) is 11.6 Å². The van der Waals surface area contributed by atoms with Gasteiger partial charge in [0.05, 0.1) is 15.0 Å². The third kappa shape index (κ3) is 5.83. The molecule has 0 saturated carbocycles. The number of ether oxygens (including phenoxy) is 1. The Hall–Kier alpha value is -2.97. The van der Waals surface area contributed by atoms with Crippen LogP contribution in [0.25, 0.3) is 6.08 Å². The van der Waals surface area contributed by atoms with E-state index in [0.29, 0.717) is 10.6 Å². The second kappa shape index (κ2) is 8.93. The van der Waals surface area contributed by atoms with Gasteiger partial charge in [0.1, 0.15) is 0 Å². The molecule has 1 aromatic carbocycles. The van der Waals surface area contributed by atoms with Gasteiger partial charge in [0.2, 0.25) is 0 Å². The smallest absolute Gasteiger partial charge is 0.331 e. The number of nitro groups is 1. The zero-order valence-corrected chi connectivity index (χ0v) is 14.5. The van der Waals surface area contributed by atoms with Crippen LogP contribution in [0.15, 0.2) is 42.6 Å². The number of nitrogens with zero attached hydrogens (tertiary/aromatic N) is 2. The van der Waals surface area contributed by atoms with Gasteiger partial charge in [-0.15, -0.1) is 0 Å². The Balaban J connectivity index is 1.87. The van der Waals surface area contributed by atoms with E-state index >= 15 is 0 Å². The standard InChI is InChI=1S/C16H11Cl2N3O5/c17-11-7-13(18)16(19-8-11)20-14(22)9-26-15(23)5-4-10-2-1-3-12(6-10)21(24)25/h1-8H,9H2,(H,19,20,22). The van der Waals surface area contributed by atoms with E-state index < -0.39 is 23.4 Å². The van der Waals surface area contributed by atoms with Crippen molar-refractivity contribution < 1.29 is 19.2 Å². The molecule has 0 radical (unpaired) electrons. The third-order valence-corrected chi connectivity index (χ3v) is 3.40. The van der Waals surface area contributed by atoms with Gasteiger partial charge in [-0.1, -0.05) is 35.3 Å². The van der Waals surface area contributed by atoms with Gasteiger partial charge in [-0.3, -0.25) is 14.9 Å². The number of hydrogen-bond donors (Lipinski definition) is 1. The monoisotopic (exact) mass is 395 g/mol. The number of benzene rings is 1. The van der Waals surface area contributed by atoms with Crippen molar-refractivity contribution in [3.05, 3.63) is 68.3 Å². The number of nitrogens with one attached hydrogen (secondary N) is 1. The Morgan fingerprint density at radius 2 is 2.08 bits per heavy atom. The van der Waals surface area contributed by atoms with Crippen LogP contribution in [0, 0.1) is 10.1 Å². The zero-order chi connectivity index (χ0) is 19.1. The maximum absolute atomic E-state index is 11.7. The number of esters is 1. The number of amides is 1. The molecule has 0 bridgehead atoms. The number of aromatic nitrogens is 1. The SMILES string of the molecule is O=C(COC(=O)C=Cc1cccc([N+](=O)[O-])c1)Nc1ncc(Cl)cc1Cl. The predicted molar refractivity (Wildman–Crippen MR) is 96.0 cm³/mol. The molecule has 0 fully saturated rings. The summed E-state index contributed by atoms with van der Waals surface area (Å²) in [5, 5.41) is 13.5. The van der Waals surface area contributed by atoms with E-state index in [1.165, 1.54) is 36.5 Å². The number of non-ortho nitro benzene ring substituents is 1. The van der Waals surface area contributed by atoms with Crippen LogP contribution in [-0.2, 0) is 14.3 Å². The molecular formula is C16H11Cl2N3O5. The second-order valence-corrected chi connectivity index (χ2v) is 5.67. The average molecular weight is 396 g/mol. The Kier molecular flexibility index (Phi) is 6.65. The highest BCUT2D eigenvalue weighted by atomic mass is 35.5. The summed E-state index contributed by atoms with van der Waals surface area (Å²) < 4.78 is 4.77. The van der Waals surface area contributed by atoms with Gasteiger partial charge in [0, 0.05) is 24.4 Å². The minimum Gasteiger partial charge on any atom is -0.452 e. The highest BCUT2D eigenvalue weighted by Crippen LogP contribution is 2.22. The fraction of sp³-hybridized carbons (Fsp3) is 0.0625. The van der Waals surface area contributed by atoms with E-state index in [-0.39, 0.29) is 16.5 Å². The molecule has 1 N–H and O–H groups in total. The lowest BCUT2D eigenvalue weighted by Gasteiger charge is -2.06. The first-order chi connectivity index (χ1) is 12.3. The van der Waals surface area contributed by atoms with Crippen molar-refractivity contribution in [2.75, 3.05) is 11.9 Å². The molecule has 0 spiro atoms. The Morgan fingerprint density at radius 1 is 1.31 bits per heavy atom. The van der Waals surface area contributed by atoms with Crippen LogP contribution in [0.4, 0.5) is 11.5 Å². The van der Waals surface area contributed by atoms with E-state index in [0.717, 1.165) is 6.08 Å². The Labute approximate surface area is 157 Å². The van der Waals surface area contributed by atoms with E-state index in [4.69, 9.17) is 27.9 Å². The van der Waals surface area contributed by atoms with Crippen molar-refractivity contribution in [3.8, 4) is 0 Å². The lowest BCUT2D eigenvalue weighted by Crippen LogP contribution is -2.20. The summed E-state index contributed by atoms with van der Waals surface area (Å²) in [7, 11) is 0. The fourth-order valence-corrected chi connectivity index (χ4v) is 2.19. The first-order valence-corrected chi connectivity index (χ1v) is 7.81. The molecule has 1 amide bonds. The van der Waals surface area contributed by atoms with E-state index in [9.17, 15) is 19.7 Å². The molecule has 0 aliphatic heterocycles. The van der Waals surface area contributed by atoms with Crippen LogP contribution in [0.1, 0.15) is 5.56 Å².